The van der Waals surface area contributed by atoms with Gasteiger partial charge in [0.25, 0.3) is 5.69 Å². The van der Waals surface area contributed by atoms with Gasteiger partial charge in [-0.3, -0.25) is 10.1 Å². The zero-order chi connectivity index (χ0) is 16.2. The molecule has 1 aromatic carbocycles. The summed E-state index contributed by atoms with van der Waals surface area (Å²) in [6.45, 7) is 2.15. The van der Waals surface area contributed by atoms with Gasteiger partial charge in [0.05, 0.1) is 15.6 Å². The van der Waals surface area contributed by atoms with E-state index in [1.807, 2.05) is 0 Å². The maximum atomic E-state index is 11.2. The largest absolute Gasteiger partial charge is 0.477 e. The Labute approximate surface area is 125 Å². The molecule has 0 aromatic heterocycles. The topological polar surface area (TPSA) is 107 Å². The van der Waals surface area contributed by atoms with Crippen molar-refractivity contribution in [3.8, 4) is 6.07 Å². The van der Waals surface area contributed by atoms with Gasteiger partial charge in [-0.25, -0.2) is 4.79 Å². The molecule has 1 rings (SSSR count). The highest BCUT2D eigenvalue weighted by atomic mass is 35.5. The highest BCUT2D eigenvalue weighted by Gasteiger charge is 2.23. The summed E-state index contributed by atoms with van der Waals surface area (Å²) >= 11 is 6.02. The molecule has 0 spiro atoms. The van der Waals surface area contributed by atoms with E-state index in [1.54, 1.807) is 20.0 Å². The van der Waals surface area contributed by atoms with Crippen molar-refractivity contribution in [3.05, 3.63) is 44.5 Å². The van der Waals surface area contributed by atoms with Gasteiger partial charge >= 0.3 is 5.97 Å². The molecule has 8 heteroatoms. The van der Waals surface area contributed by atoms with E-state index in [1.165, 1.54) is 17.0 Å². The summed E-state index contributed by atoms with van der Waals surface area (Å²) in [6, 6.07) is 5.27. The summed E-state index contributed by atoms with van der Waals surface area (Å²) in [5.74, 6) is -1.42. The van der Waals surface area contributed by atoms with E-state index < -0.39 is 16.5 Å². The van der Waals surface area contributed by atoms with Crippen molar-refractivity contribution in [2.45, 2.75) is 6.92 Å². The van der Waals surface area contributed by atoms with Crippen molar-refractivity contribution in [1.82, 2.24) is 4.90 Å². The van der Waals surface area contributed by atoms with Gasteiger partial charge in [0.1, 0.15) is 6.07 Å². The maximum absolute atomic E-state index is 11.2. The number of benzene rings is 1. The molecule has 110 valence electrons. The van der Waals surface area contributed by atoms with Gasteiger partial charge in [-0.05, 0) is 13.0 Å². The first-order valence-electron chi connectivity index (χ1n) is 5.86. The second-order valence-electron chi connectivity index (χ2n) is 4.08. The standard InChI is InChI=1S/C13H12ClN3O4/c1-3-16(2)12(10(7-15)13(18)19)9-6-8(17(20)21)4-5-11(9)14/h4-6H,3H2,1-2H3,(H,18,19). The number of carbonyl (C=O) groups is 1. The number of nitrogens with zero attached hydrogens (tertiary/aromatic N) is 3. The molecule has 1 aromatic rings. The van der Waals surface area contributed by atoms with Crippen LogP contribution in [0.1, 0.15) is 12.5 Å². The smallest absolute Gasteiger partial charge is 0.348 e. The molecule has 0 heterocycles. The number of halogens is 1. The molecular formula is C13H12ClN3O4. The molecule has 21 heavy (non-hydrogen) atoms. The van der Waals surface area contributed by atoms with Crippen LogP contribution in [0.5, 0.6) is 0 Å². The van der Waals surface area contributed by atoms with Gasteiger partial charge in [0, 0.05) is 31.3 Å². The van der Waals surface area contributed by atoms with Crippen LogP contribution in [0.25, 0.3) is 5.70 Å². The molecule has 0 atom stereocenters. The Morgan fingerprint density at radius 2 is 2.19 bits per heavy atom. The normalized spacial score (nSPS) is 11.3. The minimum absolute atomic E-state index is 0.0428. The minimum Gasteiger partial charge on any atom is -0.477 e. The summed E-state index contributed by atoms with van der Waals surface area (Å²) in [5.41, 5.74) is -0.587. The first-order valence-corrected chi connectivity index (χ1v) is 6.24. The molecule has 7 nitrogen and oxygen atoms in total. The lowest BCUT2D eigenvalue weighted by molar-refractivity contribution is -0.384. The van der Waals surface area contributed by atoms with Gasteiger partial charge < -0.3 is 10.0 Å². The highest BCUT2D eigenvalue weighted by Crippen LogP contribution is 2.31. The van der Waals surface area contributed by atoms with Gasteiger partial charge in [0.15, 0.2) is 5.57 Å². The van der Waals surface area contributed by atoms with E-state index in [-0.39, 0.29) is 22.0 Å². The number of non-ortho nitro benzene ring substituents is 1. The van der Waals surface area contributed by atoms with E-state index >= 15 is 0 Å². The zero-order valence-electron chi connectivity index (χ0n) is 11.3. The lowest BCUT2D eigenvalue weighted by atomic mass is 10.0. The minimum atomic E-state index is -1.42. The lowest BCUT2D eigenvalue weighted by Gasteiger charge is -2.22. The van der Waals surface area contributed by atoms with Crippen LogP contribution in [0.2, 0.25) is 5.02 Å². The van der Waals surface area contributed by atoms with Gasteiger partial charge in [0.2, 0.25) is 0 Å². The lowest BCUT2D eigenvalue weighted by Crippen LogP contribution is -2.20. The molecule has 0 aliphatic rings. The van der Waals surface area contributed by atoms with E-state index in [0.29, 0.717) is 6.54 Å². The van der Waals surface area contributed by atoms with Gasteiger partial charge in [-0.15, -0.1) is 0 Å². The van der Waals surface area contributed by atoms with Gasteiger partial charge in [-0.2, -0.15) is 5.26 Å². The van der Waals surface area contributed by atoms with Crippen LogP contribution >= 0.6 is 11.6 Å². The number of hydrogen-bond donors (Lipinski definition) is 1. The highest BCUT2D eigenvalue weighted by molar-refractivity contribution is 6.32. The Morgan fingerprint density at radius 3 is 2.62 bits per heavy atom. The average molecular weight is 310 g/mol. The molecule has 0 aliphatic heterocycles. The van der Waals surface area contributed by atoms with Crippen molar-refractivity contribution in [2.24, 2.45) is 0 Å². The molecule has 0 saturated heterocycles. The Balaban J connectivity index is 3.70. The third-order valence-electron chi connectivity index (χ3n) is 2.83. The molecule has 0 saturated carbocycles. The first kappa shape index (κ1) is 16.5. The van der Waals surface area contributed by atoms with Crippen molar-refractivity contribution in [1.29, 1.82) is 5.26 Å². The number of nitro benzene ring substituents is 1. The number of nitriles is 1. The first-order chi connectivity index (χ1) is 9.83. The second kappa shape index (κ2) is 6.72. The predicted octanol–water partition coefficient (Wildman–Crippen LogP) is 2.52. The van der Waals surface area contributed by atoms with Crippen LogP contribution < -0.4 is 0 Å². The number of rotatable bonds is 5. The molecular weight excluding hydrogens is 298 g/mol. The summed E-state index contributed by atoms with van der Waals surface area (Å²) < 4.78 is 0. The van der Waals surface area contributed by atoms with Gasteiger partial charge in [-0.1, -0.05) is 11.6 Å². The van der Waals surface area contributed by atoms with Crippen LogP contribution in [0, 0.1) is 21.4 Å². The molecule has 0 bridgehead atoms. The Kier molecular flexibility index (Phi) is 5.27. The predicted molar refractivity (Wildman–Crippen MR) is 76.6 cm³/mol. The molecule has 0 unspecified atom stereocenters. The SMILES string of the molecule is CCN(C)C(=C(C#N)C(=O)O)c1cc([N+](=O)[O-])ccc1Cl. The fraction of sp³-hybridized carbons (Fsp3) is 0.231. The fourth-order valence-corrected chi connectivity index (χ4v) is 1.91. The fourth-order valence-electron chi connectivity index (χ4n) is 1.70. The zero-order valence-corrected chi connectivity index (χ0v) is 12.1. The van der Waals surface area contributed by atoms with Crippen LogP contribution in [0.15, 0.2) is 23.8 Å². The Morgan fingerprint density at radius 1 is 1.57 bits per heavy atom. The van der Waals surface area contributed by atoms with Crippen molar-refractivity contribution < 1.29 is 14.8 Å². The third kappa shape index (κ3) is 3.49. The maximum Gasteiger partial charge on any atom is 0.348 e. The number of nitro groups is 1. The molecule has 0 amide bonds. The quantitative estimate of drug-likeness (QED) is 0.387. The monoisotopic (exact) mass is 309 g/mol. The number of aliphatic carboxylic acids is 1. The summed E-state index contributed by atoms with van der Waals surface area (Å²) in [7, 11) is 1.57. The number of hydrogen-bond acceptors (Lipinski definition) is 5. The van der Waals surface area contributed by atoms with E-state index in [0.717, 1.165) is 6.07 Å². The van der Waals surface area contributed by atoms with Crippen LogP contribution in [0.4, 0.5) is 5.69 Å². The molecule has 1 N–H and O–H groups in total. The Bertz CT molecular complexity index is 664. The van der Waals surface area contributed by atoms with E-state index in [4.69, 9.17) is 22.0 Å². The molecule has 0 aliphatic carbocycles. The second-order valence-corrected chi connectivity index (χ2v) is 4.48. The van der Waals surface area contributed by atoms with Crippen LogP contribution in [-0.4, -0.2) is 34.5 Å². The van der Waals surface area contributed by atoms with E-state index in [9.17, 15) is 14.9 Å². The molecule has 0 fully saturated rings. The summed E-state index contributed by atoms with van der Waals surface area (Å²) in [5, 5.41) is 29.2. The van der Waals surface area contributed by atoms with Crippen molar-refractivity contribution >= 4 is 29.0 Å². The molecule has 0 radical (unpaired) electrons. The summed E-state index contributed by atoms with van der Waals surface area (Å²) in [4.78, 5) is 22.9. The average Bonchev–Trinajstić information content (AvgIpc) is 2.44. The van der Waals surface area contributed by atoms with Crippen LogP contribution in [0.3, 0.4) is 0 Å². The summed E-state index contributed by atoms with van der Waals surface area (Å²) in [6.07, 6.45) is 0. The van der Waals surface area contributed by atoms with Crippen molar-refractivity contribution in [2.75, 3.05) is 13.6 Å². The number of carboxylic acids is 1. The number of carboxylic acid groups (broad SMARTS) is 1. The Hall–Kier alpha value is -2.59. The van der Waals surface area contributed by atoms with Crippen molar-refractivity contribution in [3.63, 3.8) is 0 Å². The third-order valence-corrected chi connectivity index (χ3v) is 3.16. The van der Waals surface area contributed by atoms with E-state index in [2.05, 4.69) is 0 Å². The van der Waals surface area contributed by atoms with Crippen LogP contribution in [-0.2, 0) is 4.79 Å².